The lowest BCUT2D eigenvalue weighted by atomic mass is 10.3. The van der Waals surface area contributed by atoms with E-state index in [0.717, 1.165) is 18.0 Å². The molecule has 0 atom stereocenters. The number of nitrogens with one attached hydrogen (secondary N) is 1. The van der Waals surface area contributed by atoms with Crippen LogP contribution in [0.4, 0.5) is 5.69 Å². The van der Waals surface area contributed by atoms with Crippen molar-refractivity contribution < 1.29 is 4.74 Å². The number of benzene rings is 1. The van der Waals surface area contributed by atoms with Gasteiger partial charge in [-0.3, -0.25) is 4.68 Å². The zero-order valence-electron chi connectivity index (χ0n) is 11.1. The minimum atomic E-state index is 0.208. The molecule has 0 spiro atoms. The first kappa shape index (κ1) is 12.5. The van der Waals surface area contributed by atoms with E-state index in [1.165, 1.54) is 5.56 Å². The van der Waals surface area contributed by atoms with E-state index in [1.54, 1.807) is 4.68 Å². The molecular weight excluding hydrogens is 226 g/mol. The molecule has 0 saturated carbocycles. The van der Waals surface area contributed by atoms with Crippen molar-refractivity contribution in [3.8, 4) is 5.75 Å². The van der Waals surface area contributed by atoms with Crippen LogP contribution in [0.1, 0.15) is 19.4 Å². The maximum Gasteiger partial charge on any atom is 0.119 e. The SMILES string of the molecule is CC(C)Oc1ccc(NCc2cnn(C)c2)cc1. The maximum absolute atomic E-state index is 5.59. The monoisotopic (exact) mass is 245 g/mol. The zero-order valence-corrected chi connectivity index (χ0v) is 11.1. The Labute approximate surface area is 108 Å². The first-order chi connectivity index (χ1) is 8.63. The Bertz CT molecular complexity index is 488. The fraction of sp³-hybridized carbons (Fsp3) is 0.357. The van der Waals surface area contributed by atoms with Gasteiger partial charge >= 0.3 is 0 Å². The third-order valence-corrected chi connectivity index (χ3v) is 2.48. The normalized spacial score (nSPS) is 10.7. The van der Waals surface area contributed by atoms with Crippen molar-refractivity contribution in [2.45, 2.75) is 26.5 Å². The zero-order chi connectivity index (χ0) is 13.0. The van der Waals surface area contributed by atoms with Crippen molar-refractivity contribution in [3.05, 3.63) is 42.2 Å². The number of hydrogen-bond acceptors (Lipinski definition) is 3. The Balaban J connectivity index is 1.90. The van der Waals surface area contributed by atoms with Gasteiger partial charge in [-0.05, 0) is 38.1 Å². The highest BCUT2D eigenvalue weighted by Crippen LogP contribution is 2.17. The summed E-state index contributed by atoms with van der Waals surface area (Å²) in [6.07, 6.45) is 4.08. The van der Waals surface area contributed by atoms with Gasteiger partial charge in [0.15, 0.2) is 0 Å². The number of nitrogens with zero attached hydrogens (tertiary/aromatic N) is 2. The fourth-order valence-electron chi connectivity index (χ4n) is 1.69. The second kappa shape index (κ2) is 5.58. The number of ether oxygens (including phenoxy) is 1. The molecule has 1 heterocycles. The first-order valence-electron chi connectivity index (χ1n) is 6.11. The third-order valence-electron chi connectivity index (χ3n) is 2.48. The van der Waals surface area contributed by atoms with Gasteiger partial charge in [0.2, 0.25) is 0 Å². The van der Waals surface area contributed by atoms with Crippen molar-refractivity contribution in [1.29, 1.82) is 0 Å². The van der Waals surface area contributed by atoms with Crippen LogP contribution in [0.3, 0.4) is 0 Å². The molecule has 18 heavy (non-hydrogen) atoms. The number of aromatic nitrogens is 2. The standard InChI is InChI=1S/C14H19N3O/c1-11(2)18-14-6-4-13(5-7-14)15-8-12-9-16-17(3)10-12/h4-7,9-11,15H,8H2,1-3H3. The van der Waals surface area contributed by atoms with Gasteiger partial charge < -0.3 is 10.1 Å². The van der Waals surface area contributed by atoms with E-state index in [-0.39, 0.29) is 6.10 Å². The average Bonchev–Trinajstić information content (AvgIpc) is 2.74. The van der Waals surface area contributed by atoms with Crippen LogP contribution in [-0.4, -0.2) is 15.9 Å². The van der Waals surface area contributed by atoms with Crippen LogP contribution >= 0.6 is 0 Å². The maximum atomic E-state index is 5.59. The predicted molar refractivity (Wildman–Crippen MR) is 72.7 cm³/mol. The Morgan fingerprint density at radius 3 is 2.56 bits per heavy atom. The molecule has 0 saturated heterocycles. The summed E-state index contributed by atoms with van der Waals surface area (Å²) < 4.78 is 7.40. The second-order valence-corrected chi connectivity index (χ2v) is 4.57. The molecule has 96 valence electrons. The Hall–Kier alpha value is -1.97. The van der Waals surface area contributed by atoms with Gasteiger partial charge in [0, 0.05) is 31.0 Å². The summed E-state index contributed by atoms with van der Waals surface area (Å²) in [6, 6.07) is 8.00. The van der Waals surface area contributed by atoms with Crippen LogP contribution in [0.5, 0.6) is 5.75 Å². The molecule has 0 aliphatic rings. The molecule has 0 unspecified atom stereocenters. The molecule has 1 aromatic carbocycles. The molecule has 0 aliphatic carbocycles. The van der Waals surface area contributed by atoms with Crippen LogP contribution in [0.15, 0.2) is 36.7 Å². The van der Waals surface area contributed by atoms with Crippen molar-refractivity contribution >= 4 is 5.69 Å². The van der Waals surface area contributed by atoms with Crippen molar-refractivity contribution in [3.63, 3.8) is 0 Å². The molecule has 0 fully saturated rings. The third kappa shape index (κ3) is 3.52. The lowest BCUT2D eigenvalue weighted by molar-refractivity contribution is 0.242. The van der Waals surface area contributed by atoms with Gasteiger partial charge in [-0.25, -0.2) is 0 Å². The van der Waals surface area contributed by atoms with Gasteiger partial charge in [-0.15, -0.1) is 0 Å². The number of rotatable bonds is 5. The number of hydrogen-bond donors (Lipinski definition) is 1. The molecule has 2 rings (SSSR count). The summed E-state index contributed by atoms with van der Waals surface area (Å²) in [5.41, 5.74) is 2.25. The van der Waals surface area contributed by atoms with Gasteiger partial charge in [-0.2, -0.15) is 5.10 Å². The summed E-state index contributed by atoms with van der Waals surface area (Å²) >= 11 is 0. The molecule has 0 radical (unpaired) electrons. The summed E-state index contributed by atoms with van der Waals surface area (Å²) in [5.74, 6) is 0.900. The van der Waals surface area contributed by atoms with E-state index < -0.39 is 0 Å². The molecule has 0 aliphatic heterocycles. The summed E-state index contributed by atoms with van der Waals surface area (Å²) in [6.45, 7) is 4.82. The molecule has 0 amide bonds. The van der Waals surface area contributed by atoms with Gasteiger partial charge in [0.1, 0.15) is 5.75 Å². The molecule has 0 bridgehead atoms. The van der Waals surface area contributed by atoms with Crippen LogP contribution in [-0.2, 0) is 13.6 Å². The van der Waals surface area contributed by atoms with E-state index in [9.17, 15) is 0 Å². The minimum Gasteiger partial charge on any atom is -0.491 e. The Kier molecular flexibility index (Phi) is 3.87. The Morgan fingerprint density at radius 1 is 1.28 bits per heavy atom. The molecule has 1 aromatic heterocycles. The fourth-order valence-corrected chi connectivity index (χ4v) is 1.69. The van der Waals surface area contributed by atoms with Crippen LogP contribution < -0.4 is 10.1 Å². The molecule has 1 N–H and O–H groups in total. The number of aryl methyl sites for hydroxylation is 1. The smallest absolute Gasteiger partial charge is 0.119 e. The molecule has 4 heteroatoms. The van der Waals surface area contributed by atoms with Crippen molar-refractivity contribution in [2.24, 2.45) is 7.05 Å². The highest BCUT2D eigenvalue weighted by atomic mass is 16.5. The summed E-state index contributed by atoms with van der Waals surface area (Å²) in [7, 11) is 1.92. The van der Waals surface area contributed by atoms with Crippen LogP contribution in [0.25, 0.3) is 0 Å². The van der Waals surface area contributed by atoms with E-state index in [0.29, 0.717) is 0 Å². The Morgan fingerprint density at radius 2 is 2.00 bits per heavy atom. The van der Waals surface area contributed by atoms with E-state index in [2.05, 4.69) is 10.4 Å². The molecular formula is C14H19N3O. The van der Waals surface area contributed by atoms with Gasteiger partial charge in [-0.1, -0.05) is 0 Å². The van der Waals surface area contributed by atoms with E-state index >= 15 is 0 Å². The lowest BCUT2D eigenvalue weighted by Crippen LogP contribution is -2.05. The summed E-state index contributed by atoms with van der Waals surface area (Å²) in [5, 5.41) is 7.48. The van der Waals surface area contributed by atoms with Gasteiger partial charge in [0.05, 0.1) is 12.3 Å². The quantitative estimate of drug-likeness (QED) is 0.880. The lowest BCUT2D eigenvalue weighted by Gasteiger charge is -2.10. The first-order valence-corrected chi connectivity index (χ1v) is 6.11. The minimum absolute atomic E-state index is 0.208. The van der Waals surface area contributed by atoms with E-state index in [1.807, 2.05) is 57.6 Å². The molecule has 2 aromatic rings. The molecule has 4 nitrogen and oxygen atoms in total. The topological polar surface area (TPSA) is 39.1 Å². The van der Waals surface area contributed by atoms with Crippen LogP contribution in [0, 0.1) is 0 Å². The summed E-state index contributed by atoms with van der Waals surface area (Å²) in [4.78, 5) is 0. The predicted octanol–water partition coefficient (Wildman–Crippen LogP) is 2.82. The van der Waals surface area contributed by atoms with Crippen LogP contribution in [0.2, 0.25) is 0 Å². The second-order valence-electron chi connectivity index (χ2n) is 4.57. The number of anilines is 1. The largest absolute Gasteiger partial charge is 0.491 e. The van der Waals surface area contributed by atoms with Gasteiger partial charge in [0.25, 0.3) is 0 Å². The van der Waals surface area contributed by atoms with Crippen molar-refractivity contribution in [2.75, 3.05) is 5.32 Å². The van der Waals surface area contributed by atoms with E-state index in [4.69, 9.17) is 4.74 Å². The highest BCUT2D eigenvalue weighted by molar-refractivity contribution is 5.46. The highest BCUT2D eigenvalue weighted by Gasteiger charge is 1.99. The van der Waals surface area contributed by atoms with Crippen molar-refractivity contribution in [1.82, 2.24) is 9.78 Å². The average molecular weight is 245 g/mol.